The molecule has 0 aromatic heterocycles. The SMILES string of the molecule is CCOc1ccc(NC(=O)[C@@H](OC(=O)c2ccccc2Cl)[C@H](OC(=O)c2ccccc2Cl)C(=O)O)cc1. The summed E-state index contributed by atoms with van der Waals surface area (Å²) < 4.78 is 15.7. The van der Waals surface area contributed by atoms with E-state index in [2.05, 4.69) is 5.32 Å². The Morgan fingerprint density at radius 3 is 1.73 bits per heavy atom. The van der Waals surface area contributed by atoms with Crippen LogP contribution in [0.2, 0.25) is 10.0 Å². The predicted octanol–water partition coefficient (Wildman–Crippen LogP) is 4.87. The van der Waals surface area contributed by atoms with Crippen molar-refractivity contribution >= 4 is 52.7 Å². The Bertz CT molecular complexity index is 1300. The Hall–Kier alpha value is -4.08. The van der Waals surface area contributed by atoms with Crippen LogP contribution in [-0.2, 0) is 19.1 Å². The second-order valence-electron chi connectivity index (χ2n) is 7.40. The van der Waals surface area contributed by atoms with Gasteiger partial charge in [0.25, 0.3) is 5.91 Å². The van der Waals surface area contributed by atoms with E-state index in [4.69, 9.17) is 37.4 Å². The monoisotopic (exact) mass is 545 g/mol. The summed E-state index contributed by atoms with van der Waals surface area (Å²) in [4.78, 5) is 50.8. The lowest BCUT2D eigenvalue weighted by Crippen LogP contribution is -2.48. The maximum atomic E-state index is 13.2. The summed E-state index contributed by atoms with van der Waals surface area (Å²) in [6, 6.07) is 17.8. The van der Waals surface area contributed by atoms with E-state index in [1.54, 1.807) is 24.3 Å². The number of nitrogens with one attached hydrogen (secondary N) is 1. The van der Waals surface area contributed by atoms with Crippen molar-refractivity contribution in [3.8, 4) is 5.75 Å². The number of halogens is 2. The van der Waals surface area contributed by atoms with Gasteiger partial charge >= 0.3 is 17.9 Å². The lowest BCUT2D eigenvalue weighted by molar-refractivity contribution is -0.157. The van der Waals surface area contributed by atoms with Gasteiger partial charge in [-0.1, -0.05) is 47.5 Å². The first-order valence-electron chi connectivity index (χ1n) is 10.9. The highest BCUT2D eigenvalue weighted by Crippen LogP contribution is 2.22. The molecule has 9 nitrogen and oxygen atoms in total. The number of ether oxygens (including phenoxy) is 3. The molecule has 2 atom stereocenters. The number of anilines is 1. The van der Waals surface area contributed by atoms with Crippen molar-refractivity contribution in [3.05, 3.63) is 94.0 Å². The van der Waals surface area contributed by atoms with Gasteiger partial charge in [-0.25, -0.2) is 14.4 Å². The number of hydrogen-bond donors (Lipinski definition) is 2. The van der Waals surface area contributed by atoms with E-state index in [0.29, 0.717) is 12.4 Å². The van der Waals surface area contributed by atoms with E-state index in [1.807, 2.05) is 6.92 Å². The van der Waals surface area contributed by atoms with Crippen LogP contribution in [0.15, 0.2) is 72.8 Å². The number of carboxylic acids is 1. The Labute approximate surface area is 221 Å². The van der Waals surface area contributed by atoms with Gasteiger partial charge in [0.2, 0.25) is 12.2 Å². The van der Waals surface area contributed by atoms with Gasteiger partial charge in [-0.2, -0.15) is 0 Å². The number of carbonyl (C=O) groups excluding carboxylic acids is 3. The second kappa shape index (κ2) is 12.8. The summed E-state index contributed by atoms with van der Waals surface area (Å²) in [5.41, 5.74) is -0.0167. The molecule has 0 saturated heterocycles. The lowest BCUT2D eigenvalue weighted by atomic mass is 10.1. The molecule has 37 heavy (non-hydrogen) atoms. The van der Waals surface area contributed by atoms with Crippen LogP contribution in [0.4, 0.5) is 5.69 Å². The zero-order valence-corrected chi connectivity index (χ0v) is 20.9. The average molecular weight is 546 g/mol. The van der Waals surface area contributed by atoms with Crippen molar-refractivity contribution in [1.82, 2.24) is 0 Å². The van der Waals surface area contributed by atoms with Gasteiger partial charge in [0.1, 0.15) is 5.75 Å². The standard InChI is InChI=1S/C26H21Cl2NO8/c1-2-35-16-13-11-15(12-14-16)29-23(30)21(36-25(33)17-7-3-5-9-19(17)27)22(24(31)32)37-26(34)18-8-4-6-10-20(18)28/h3-14,21-22H,2H2,1H3,(H,29,30)(H,31,32)/t21-,22-/m0/s1. The number of rotatable bonds is 10. The molecule has 0 aliphatic carbocycles. The molecule has 0 fully saturated rings. The molecule has 3 rings (SSSR count). The summed E-state index contributed by atoms with van der Waals surface area (Å²) in [6.07, 6.45) is -4.32. The first-order valence-corrected chi connectivity index (χ1v) is 11.6. The molecule has 0 heterocycles. The average Bonchev–Trinajstić information content (AvgIpc) is 2.87. The smallest absolute Gasteiger partial charge is 0.349 e. The van der Waals surface area contributed by atoms with Crippen molar-refractivity contribution in [2.45, 2.75) is 19.1 Å². The fourth-order valence-corrected chi connectivity index (χ4v) is 3.55. The molecule has 0 aliphatic heterocycles. The van der Waals surface area contributed by atoms with Gasteiger partial charge in [-0.3, -0.25) is 4.79 Å². The van der Waals surface area contributed by atoms with Gasteiger partial charge in [0, 0.05) is 5.69 Å². The Balaban J connectivity index is 1.92. The third kappa shape index (κ3) is 7.22. The van der Waals surface area contributed by atoms with Crippen molar-refractivity contribution in [1.29, 1.82) is 0 Å². The summed E-state index contributed by atoms with van der Waals surface area (Å²) in [5, 5.41) is 12.3. The largest absolute Gasteiger partial charge is 0.494 e. The number of benzene rings is 3. The predicted molar refractivity (Wildman–Crippen MR) is 135 cm³/mol. The van der Waals surface area contributed by atoms with Crippen LogP contribution in [-0.4, -0.2) is 47.7 Å². The topological polar surface area (TPSA) is 128 Å². The van der Waals surface area contributed by atoms with Crippen molar-refractivity contribution < 1.29 is 38.5 Å². The van der Waals surface area contributed by atoms with Crippen molar-refractivity contribution in [2.75, 3.05) is 11.9 Å². The minimum absolute atomic E-state index is 0.0000837. The van der Waals surface area contributed by atoms with Gasteiger partial charge < -0.3 is 24.6 Å². The summed E-state index contributed by atoms with van der Waals surface area (Å²) >= 11 is 12.1. The molecular weight excluding hydrogens is 525 g/mol. The molecule has 1 amide bonds. The molecular formula is C26H21Cl2NO8. The summed E-state index contributed by atoms with van der Waals surface area (Å²) in [5.74, 6) is -4.49. The van der Waals surface area contributed by atoms with Crippen LogP contribution in [0.1, 0.15) is 27.6 Å². The Morgan fingerprint density at radius 2 is 1.27 bits per heavy atom. The summed E-state index contributed by atoms with van der Waals surface area (Å²) in [7, 11) is 0. The Kier molecular flexibility index (Phi) is 9.48. The van der Waals surface area contributed by atoms with Gasteiger partial charge in [0.15, 0.2) is 0 Å². The minimum atomic E-state index is -2.22. The van der Waals surface area contributed by atoms with Crippen LogP contribution in [0.3, 0.4) is 0 Å². The molecule has 0 unspecified atom stereocenters. The van der Waals surface area contributed by atoms with Crippen LogP contribution in [0.25, 0.3) is 0 Å². The molecule has 192 valence electrons. The molecule has 2 N–H and O–H groups in total. The highest BCUT2D eigenvalue weighted by molar-refractivity contribution is 6.34. The molecule has 0 bridgehead atoms. The van der Waals surface area contributed by atoms with E-state index in [9.17, 15) is 24.3 Å². The van der Waals surface area contributed by atoms with E-state index in [1.165, 1.54) is 48.5 Å². The number of carboxylic acid groups (broad SMARTS) is 1. The molecule has 0 radical (unpaired) electrons. The number of amides is 1. The van der Waals surface area contributed by atoms with Crippen LogP contribution >= 0.6 is 23.2 Å². The molecule has 3 aromatic rings. The molecule has 0 aliphatic rings. The highest BCUT2D eigenvalue weighted by atomic mass is 35.5. The minimum Gasteiger partial charge on any atom is -0.494 e. The van der Waals surface area contributed by atoms with Gasteiger partial charge in [0.05, 0.1) is 27.8 Å². The Morgan fingerprint density at radius 1 is 0.784 bits per heavy atom. The van der Waals surface area contributed by atoms with Crippen molar-refractivity contribution in [2.24, 2.45) is 0 Å². The third-order valence-electron chi connectivity index (χ3n) is 4.87. The fraction of sp³-hybridized carbons (Fsp3) is 0.154. The highest BCUT2D eigenvalue weighted by Gasteiger charge is 2.41. The zero-order chi connectivity index (χ0) is 26.9. The van der Waals surface area contributed by atoms with Crippen LogP contribution < -0.4 is 10.1 Å². The number of carbonyl (C=O) groups is 4. The number of esters is 2. The zero-order valence-electron chi connectivity index (χ0n) is 19.4. The van der Waals surface area contributed by atoms with Gasteiger partial charge in [-0.05, 0) is 55.5 Å². The van der Waals surface area contributed by atoms with Crippen LogP contribution in [0.5, 0.6) is 5.75 Å². The third-order valence-corrected chi connectivity index (χ3v) is 5.52. The maximum Gasteiger partial charge on any atom is 0.349 e. The van der Waals surface area contributed by atoms with E-state index < -0.39 is 36.0 Å². The summed E-state index contributed by atoms with van der Waals surface area (Å²) in [6.45, 7) is 2.24. The lowest BCUT2D eigenvalue weighted by Gasteiger charge is -2.24. The normalized spacial score (nSPS) is 12.1. The quantitative estimate of drug-likeness (QED) is 0.345. The first-order chi connectivity index (χ1) is 17.7. The van der Waals surface area contributed by atoms with E-state index in [0.717, 1.165) is 0 Å². The maximum absolute atomic E-state index is 13.2. The number of hydrogen-bond acceptors (Lipinski definition) is 7. The number of aliphatic carboxylic acids is 1. The second-order valence-corrected chi connectivity index (χ2v) is 8.21. The van der Waals surface area contributed by atoms with Gasteiger partial charge in [-0.15, -0.1) is 0 Å². The van der Waals surface area contributed by atoms with Crippen molar-refractivity contribution in [3.63, 3.8) is 0 Å². The van der Waals surface area contributed by atoms with E-state index >= 15 is 0 Å². The molecule has 3 aromatic carbocycles. The molecule has 0 spiro atoms. The first kappa shape index (κ1) is 27.5. The molecule has 0 saturated carbocycles. The fourth-order valence-electron chi connectivity index (χ4n) is 3.12. The molecule has 11 heteroatoms. The van der Waals surface area contributed by atoms with Crippen LogP contribution in [0, 0.1) is 0 Å². The van der Waals surface area contributed by atoms with E-state index in [-0.39, 0.29) is 26.9 Å².